The quantitative estimate of drug-likeness (QED) is 0.332. The van der Waals surface area contributed by atoms with Crippen molar-refractivity contribution in [1.29, 1.82) is 0 Å². The average molecular weight is 546 g/mol. The number of hydrogen-bond acceptors (Lipinski definition) is 7. The summed E-state index contributed by atoms with van der Waals surface area (Å²) in [7, 11) is 1.24. The SMILES string of the molecule is COc1ccc(-c2nn(Cc3nc4cccc(Cl)c4c(=O)n3-c3ccccc3)c3ncnc(N)c23)c(F)c1F. The van der Waals surface area contributed by atoms with Crippen LogP contribution in [0.15, 0.2) is 71.8 Å². The lowest BCUT2D eigenvalue weighted by atomic mass is 10.1. The van der Waals surface area contributed by atoms with Crippen LogP contribution in [0.3, 0.4) is 0 Å². The summed E-state index contributed by atoms with van der Waals surface area (Å²) in [5, 5.41) is 5.29. The maximum absolute atomic E-state index is 15.1. The number of nitrogen functional groups attached to an aromatic ring is 1. The van der Waals surface area contributed by atoms with Crippen LogP contribution in [0.2, 0.25) is 5.02 Å². The second-order valence-corrected chi connectivity index (χ2v) is 8.95. The molecule has 0 radical (unpaired) electrons. The van der Waals surface area contributed by atoms with E-state index in [9.17, 15) is 9.18 Å². The fourth-order valence-corrected chi connectivity index (χ4v) is 4.77. The summed E-state index contributed by atoms with van der Waals surface area (Å²) in [5.74, 6) is -2.26. The van der Waals surface area contributed by atoms with Gasteiger partial charge in [0, 0.05) is 5.56 Å². The maximum atomic E-state index is 15.1. The molecular formula is C27H18ClF2N7O2. The van der Waals surface area contributed by atoms with E-state index in [0.717, 1.165) is 0 Å². The van der Waals surface area contributed by atoms with E-state index in [1.165, 1.54) is 34.8 Å². The summed E-state index contributed by atoms with van der Waals surface area (Å²) in [6.45, 7) is -0.0696. The van der Waals surface area contributed by atoms with Gasteiger partial charge in [0.25, 0.3) is 5.56 Å². The molecule has 39 heavy (non-hydrogen) atoms. The molecule has 0 spiro atoms. The van der Waals surface area contributed by atoms with Crippen molar-refractivity contribution in [2.45, 2.75) is 6.54 Å². The Kier molecular flexibility index (Phi) is 5.92. The fraction of sp³-hybridized carbons (Fsp3) is 0.0741. The third kappa shape index (κ3) is 3.94. The Morgan fingerprint density at radius 2 is 1.77 bits per heavy atom. The van der Waals surface area contributed by atoms with Gasteiger partial charge in [-0.1, -0.05) is 35.9 Å². The Morgan fingerprint density at radius 1 is 0.974 bits per heavy atom. The van der Waals surface area contributed by atoms with Gasteiger partial charge in [-0.15, -0.1) is 0 Å². The zero-order chi connectivity index (χ0) is 27.3. The van der Waals surface area contributed by atoms with Gasteiger partial charge in [0.05, 0.1) is 34.1 Å². The molecule has 2 N–H and O–H groups in total. The number of benzene rings is 3. The predicted octanol–water partition coefficient (Wildman–Crippen LogP) is 4.76. The zero-order valence-electron chi connectivity index (χ0n) is 20.3. The van der Waals surface area contributed by atoms with Crippen molar-refractivity contribution in [3.8, 4) is 22.7 Å². The molecule has 6 rings (SSSR count). The Balaban J connectivity index is 1.61. The molecule has 12 heteroatoms. The number of anilines is 1. The van der Waals surface area contributed by atoms with Crippen molar-refractivity contribution in [3.63, 3.8) is 0 Å². The molecule has 3 heterocycles. The topological polar surface area (TPSA) is 114 Å². The lowest BCUT2D eigenvalue weighted by Crippen LogP contribution is -2.25. The van der Waals surface area contributed by atoms with E-state index in [2.05, 4.69) is 15.1 Å². The average Bonchev–Trinajstić information content (AvgIpc) is 3.30. The van der Waals surface area contributed by atoms with Gasteiger partial charge in [-0.25, -0.2) is 24.0 Å². The number of methoxy groups -OCH3 is 1. The van der Waals surface area contributed by atoms with Gasteiger partial charge in [-0.2, -0.15) is 9.49 Å². The molecule has 0 amide bonds. The molecule has 3 aromatic heterocycles. The van der Waals surface area contributed by atoms with E-state index >= 15 is 4.39 Å². The van der Waals surface area contributed by atoms with Crippen LogP contribution in [-0.4, -0.2) is 36.4 Å². The van der Waals surface area contributed by atoms with Gasteiger partial charge < -0.3 is 10.5 Å². The van der Waals surface area contributed by atoms with Gasteiger partial charge in [-0.3, -0.25) is 9.36 Å². The van der Waals surface area contributed by atoms with E-state index in [1.54, 1.807) is 42.5 Å². The fourth-order valence-electron chi connectivity index (χ4n) is 4.52. The molecule has 0 atom stereocenters. The van der Waals surface area contributed by atoms with Crippen LogP contribution >= 0.6 is 11.6 Å². The van der Waals surface area contributed by atoms with Crippen molar-refractivity contribution in [2.24, 2.45) is 0 Å². The van der Waals surface area contributed by atoms with Crippen LogP contribution in [0.25, 0.3) is 38.9 Å². The highest BCUT2D eigenvalue weighted by Crippen LogP contribution is 2.35. The standard InChI is InChI=1S/C27H18ClF2N7O2/c1-39-18-11-10-15(22(29)23(18)30)24-21-25(31)32-13-33-26(21)36(35-24)12-19-34-17-9-5-8-16(28)20(17)27(38)37(19)14-6-3-2-4-7-14/h2-11,13H,12H2,1H3,(H2,31,32,33). The minimum Gasteiger partial charge on any atom is -0.494 e. The number of para-hydroxylation sites is 1. The van der Waals surface area contributed by atoms with E-state index in [-0.39, 0.29) is 56.4 Å². The second kappa shape index (κ2) is 9.44. The molecule has 6 aromatic rings. The van der Waals surface area contributed by atoms with Crippen LogP contribution in [0.1, 0.15) is 5.82 Å². The summed E-state index contributed by atoms with van der Waals surface area (Å²) < 4.78 is 37.5. The number of nitrogens with two attached hydrogens (primary N) is 1. The number of fused-ring (bicyclic) bond motifs is 2. The second-order valence-electron chi connectivity index (χ2n) is 8.55. The summed E-state index contributed by atoms with van der Waals surface area (Å²) in [6.07, 6.45) is 1.24. The van der Waals surface area contributed by atoms with Crippen LogP contribution < -0.4 is 16.0 Å². The lowest BCUT2D eigenvalue weighted by Gasteiger charge is -2.14. The molecule has 3 aromatic carbocycles. The molecule has 0 fully saturated rings. The summed E-state index contributed by atoms with van der Waals surface area (Å²) >= 11 is 6.37. The molecular weight excluding hydrogens is 528 g/mol. The molecule has 9 nitrogen and oxygen atoms in total. The first-order valence-corrected chi connectivity index (χ1v) is 12.0. The van der Waals surface area contributed by atoms with Crippen LogP contribution in [0.5, 0.6) is 5.75 Å². The number of nitrogens with zero attached hydrogens (tertiary/aromatic N) is 6. The number of rotatable bonds is 5. The summed E-state index contributed by atoms with van der Waals surface area (Å²) in [4.78, 5) is 26.8. The van der Waals surface area contributed by atoms with Crippen molar-refractivity contribution in [2.75, 3.05) is 12.8 Å². The number of ether oxygens (including phenoxy) is 1. The van der Waals surface area contributed by atoms with E-state index in [4.69, 9.17) is 27.1 Å². The Hall–Kier alpha value is -4.90. The highest BCUT2D eigenvalue weighted by Gasteiger charge is 2.24. The first-order chi connectivity index (χ1) is 18.9. The maximum Gasteiger partial charge on any atom is 0.267 e. The summed E-state index contributed by atoms with van der Waals surface area (Å²) in [5.41, 5.74) is 6.84. The zero-order valence-corrected chi connectivity index (χ0v) is 21.0. The predicted molar refractivity (Wildman–Crippen MR) is 143 cm³/mol. The van der Waals surface area contributed by atoms with Crippen molar-refractivity contribution in [1.82, 2.24) is 29.3 Å². The van der Waals surface area contributed by atoms with E-state index < -0.39 is 11.6 Å². The van der Waals surface area contributed by atoms with Gasteiger partial charge in [-0.05, 0) is 36.4 Å². The van der Waals surface area contributed by atoms with Crippen molar-refractivity contribution < 1.29 is 13.5 Å². The van der Waals surface area contributed by atoms with Crippen molar-refractivity contribution >= 4 is 39.4 Å². The normalized spacial score (nSPS) is 11.4. The molecule has 0 unspecified atom stereocenters. The van der Waals surface area contributed by atoms with E-state index in [1.807, 2.05) is 6.07 Å². The molecule has 0 saturated carbocycles. The Labute approximate surface area is 224 Å². The first kappa shape index (κ1) is 24.4. The van der Waals surface area contributed by atoms with Gasteiger partial charge in [0.1, 0.15) is 30.2 Å². The number of hydrogen-bond donors (Lipinski definition) is 1. The van der Waals surface area contributed by atoms with Gasteiger partial charge in [0.15, 0.2) is 17.2 Å². The van der Waals surface area contributed by atoms with Crippen molar-refractivity contribution in [3.05, 3.63) is 99.8 Å². The third-order valence-electron chi connectivity index (χ3n) is 6.30. The van der Waals surface area contributed by atoms with Gasteiger partial charge >= 0.3 is 0 Å². The number of halogens is 3. The number of aromatic nitrogens is 6. The molecule has 0 aliphatic rings. The van der Waals surface area contributed by atoms with Crippen LogP contribution in [0, 0.1) is 11.6 Å². The van der Waals surface area contributed by atoms with Gasteiger partial charge in [0.2, 0.25) is 5.82 Å². The molecule has 0 aliphatic carbocycles. The molecule has 0 saturated heterocycles. The lowest BCUT2D eigenvalue weighted by molar-refractivity contribution is 0.372. The highest BCUT2D eigenvalue weighted by molar-refractivity contribution is 6.35. The smallest absolute Gasteiger partial charge is 0.267 e. The van der Waals surface area contributed by atoms with Crippen LogP contribution in [-0.2, 0) is 6.54 Å². The minimum atomic E-state index is -1.17. The molecule has 0 aliphatic heterocycles. The highest BCUT2D eigenvalue weighted by atomic mass is 35.5. The van der Waals surface area contributed by atoms with E-state index in [0.29, 0.717) is 17.0 Å². The Morgan fingerprint density at radius 3 is 2.54 bits per heavy atom. The Bertz CT molecular complexity index is 1960. The minimum absolute atomic E-state index is 0.0237. The first-order valence-electron chi connectivity index (χ1n) is 11.6. The third-order valence-corrected chi connectivity index (χ3v) is 6.62. The van der Waals surface area contributed by atoms with Crippen LogP contribution in [0.4, 0.5) is 14.6 Å². The summed E-state index contributed by atoms with van der Waals surface area (Å²) in [6, 6.07) is 16.6. The molecule has 0 bridgehead atoms. The largest absolute Gasteiger partial charge is 0.494 e. The molecule has 194 valence electrons. The monoisotopic (exact) mass is 545 g/mol.